The lowest BCUT2D eigenvalue weighted by molar-refractivity contribution is -0.121. The molecule has 5 nitrogen and oxygen atoms in total. The molecule has 0 atom stereocenters. The van der Waals surface area contributed by atoms with Gasteiger partial charge in [-0.3, -0.25) is 4.79 Å². The van der Waals surface area contributed by atoms with E-state index < -0.39 is 0 Å². The third kappa shape index (κ3) is 4.75. The summed E-state index contributed by atoms with van der Waals surface area (Å²) in [6, 6.07) is 14.4. The Labute approximate surface area is 151 Å². The zero-order chi connectivity index (χ0) is 18.4. The number of hydrogen-bond donors (Lipinski definition) is 1. The second-order valence-corrected chi connectivity index (χ2v) is 6.07. The third-order valence-electron chi connectivity index (χ3n) is 3.98. The minimum atomic E-state index is -0.253. The van der Waals surface area contributed by atoms with Gasteiger partial charge in [-0.25, -0.2) is 4.39 Å². The highest BCUT2D eigenvalue weighted by molar-refractivity contribution is 5.76. The monoisotopic (exact) mass is 353 g/mol. The van der Waals surface area contributed by atoms with E-state index in [0.717, 1.165) is 11.1 Å². The standard InChI is InChI=1S/C20H20FN3O2/c1-14-5-4-7-16(13-14)20-23-19(26-24-20)10-9-18(25)22-12-11-15-6-2-3-8-17(15)21/h2-8,13H,9-12H2,1H3,(H,22,25). The zero-order valence-corrected chi connectivity index (χ0v) is 14.5. The van der Waals surface area contributed by atoms with E-state index in [2.05, 4.69) is 15.5 Å². The van der Waals surface area contributed by atoms with E-state index >= 15 is 0 Å². The van der Waals surface area contributed by atoms with Gasteiger partial charge in [0.05, 0.1) is 0 Å². The molecule has 1 amide bonds. The van der Waals surface area contributed by atoms with Crippen LogP contribution in [0, 0.1) is 12.7 Å². The van der Waals surface area contributed by atoms with Crippen LogP contribution in [0.15, 0.2) is 53.1 Å². The van der Waals surface area contributed by atoms with Crippen LogP contribution in [0.1, 0.15) is 23.4 Å². The van der Waals surface area contributed by atoms with Crippen LogP contribution >= 0.6 is 0 Å². The summed E-state index contributed by atoms with van der Waals surface area (Å²) in [7, 11) is 0. The molecule has 0 bridgehead atoms. The summed E-state index contributed by atoms with van der Waals surface area (Å²) in [5.74, 6) is 0.558. The van der Waals surface area contributed by atoms with E-state index in [4.69, 9.17) is 4.52 Å². The lowest BCUT2D eigenvalue weighted by Gasteiger charge is -2.05. The van der Waals surface area contributed by atoms with Crippen LogP contribution in [0.25, 0.3) is 11.4 Å². The number of rotatable bonds is 7. The normalized spacial score (nSPS) is 10.7. The van der Waals surface area contributed by atoms with E-state index in [1.807, 2.05) is 31.2 Å². The van der Waals surface area contributed by atoms with Crippen LogP contribution in [0.3, 0.4) is 0 Å². The molecule has 2 aromatic carbocycles. The van der Waals surface area contributed by atoms with Crippen LogP contribution in [0.2, 0.25) is 0 Å². The molecular weight excluding hydrogens is 333 g/mol. The summed E-state index contributed by atoms with van der Waals surface area (Å²) < 4.78 is 18.7. The van der Waals surface area contributed by atoms with Gasteiger partial charge in [-0.1, -0.05) is 47.1 Å². The molecule has 0 aliphatic heterocycles. The van der Waals surface area contributed by atoms with Crippen molar-refractivity contribution in [3.63, 3.8) is 0 Å². The van der Waals surface area contributed by atoms with Gasteiger partial charge in [0.25, 0.3) is 0 Å². The first-order valence-electron chi connectivity index (χ1n) is 8.51. The smallest absolute Gasteiger partial charge is 0.227 e. The molecule has 1 aromatic heterocycles. The van der Waals surface area contributed by atoms with Crippen LogP contribution < -0.4 is 5.32 Å². The molecule has 3 rings (SSSR count). The molecular formula is C20H20FN3O2. The van der Waals surface area contributed by atoms with Crippen LogP contribution in [0.4, 0.5) is 4.39 Å². The van der Waals surface area contributed by atoms with E-state index in [1.54, 1.807) is 18.2 Å². The van der Waals surface area contributed by atoms with Gasteiger partial charge in [0, 0.05) is 24.9 Å². The fraction of sp³-hybridized carbons (Fsp3) is 0.250. The van der Waals surface area contributed by atoms with E-state index in [0.29, 0.717) is 36.7 Å². The average molecular weight is 353 g/mol. The van der Waals surface area contributed by atoms with Crippen LogP contribution in [-0.4, -0.2) is 22.6 Å². The van der Waals surface area contributed by atoms with E-state index in [1.165, 1.54) is 6.07 Å². The minimum Gasteiger partial charge on any atom is -0.356 e. The highest BCUT2D eigenvalue weighted by atomic mass is 19.1. The molecule has 0 saturated heterocycles. The van der Waals surface area contributed by atoms with Crippen molar-refractivity contribution in [1.82, 2.24) is 15.5 Å². The number of carbonyl (C=O) groups is 1. The van der Waals surface area contributed by atoms with Gasteiger partial charge in [-0.15, -0.1) is 0 Å². The van der Waals surface area contributed by atoms with Crippen molar-refractivity contribution in [2.45, 2.75) is 26.2 Å². The van der Waals surface area contributed by atoms with Gasteiger partial charge < -0.3 is 9.84 Å². The Kier molecular flexibility index (Phi) is 5.73. The molecule has 0 aliphatic rings. The van der Waals surface area contributed by atoms with Crippen molar-refractivity contribution in [3.8, 4) is 11.4 Å². The maximum Gasteiger partial charge on any atom is 0.227 e. The predicted octanol–water partition coefficient (Wildman–Crippen LogP) is 3.48. The molecule has 0 fully saturated rings. The number of aromatic nitrogens is 2. The molecule has 6 heteroatoms. The predicted molar refractivity (Wildman–Crippen MR) is 95.9 cm³/mol. The van der Waals surface area contributed by atoms with Crippen molar-refractivity contribution in [2.24, 2.45) is 0 Å². The van der Waals surface area contributed by atoms with Gasteiger partial charge in [-0.05, 0) is 31.0 Å². The largest absolute Gasteiger partial charge is 0.356 e. The molecule has 0 saturated carbocycles. The first kappa shape index (κ1) is 17.8. The Bertz CT molecular complexity index is 892. The average Bonchev–Trinajstić information content (AvgIpc) is 3.11. The molecule has 0 aliphatic carbocycles. The molecule has 3 aromatic rings. The fourth-order valence-corrected chi connectivity index (χ4v) is 2.60. The van der Waals surface area contributed by atoms with Crippen molar-refractivity contribution >= 4 is 5.91 Å². The van der Waals surface area contributed by atoms with Gasteiger partial charge in [0.1, 0.15) is 5.82 Å². The molecule has 1 N–H and O–H groups in total. The van der Waals surface area contributed by atoms with Crippen molar-refractivity contribution in [1.29, 1.82) is 0 Å². The molecule has 0 unspecified atom stereocenters. The molecule has 0 radical (unpaired) electrons. The van der Waals surface area contributed by atoms with Gasteiger partial charge in [-0.2, -0.15) is 4.98 Å². The number of halogens is 1. The van der Waals surface area contributed by atoms with Crippen molar-refractivity contribution in [2.75, 3.05) is 6.54 Å². The lowest BCUT2D eigenvalue weighted by atomic mass is 10.1. The zero-order valence-electron chi connectivity index (χ0n) is 14.5. The first-order valence-corrected chi connectivity index (χ1v) is 8.51. The highest BCUT2D eigenvalue weighted by Crippen LogP contribution is 2.17. The summed E-state index contributed by atoms with van der Waals surface area (Å²) >= 11 is 0. The summed E-state index contributed by atoms with van der Waals surface area (Å²) in [5, 5.41) is 6.74. The van der Waals surface area contributed by atoms with Crippen molar-refractivity contribution in [3.05, 3.63) is 71.4 Å². The molecule has 26 heavy (non-hydrogen) atoms. The molecule has 0 spiro atoms. The number of carbonyl (C=O) groups excluding carboxylic acids is 1. The molecule has 134 valence electrons. The van der Waals surface area contributed by atoms with Gasteiger partial charge >= 0.3 is 0 Å². The van der Waals surface area contributed by atoms with Crippen LogP contribution in [0.5, 0.6) is 0 Å². The maximum atomic E-state index is 13.5. The minimum absolute atomic E-state index is 0.128. The maximum absolute atomic E-state index is 13.5. The quantitative estimate of drug-likeness (QED) is 0.706. The second kappa shape index (κ2) is 8.38. The van der Waals surface area contributed by atoms with Crippen LogP contribution in [-0.2, 0) is 17.6 Å². The summed E-state index contributed by atoms with van der Waals surface area (Å²) in [5.41, 5.74) is 2.59. The Balaban J connectivity index is 1.45. The lowest BCUT2D eigenvalue weighted by Crippen LogP contribution is -2.26. The summed E-state index contributed by atoms with van der Waals surface area (Å²) in [6.07, 6.45) is 1.06. The van der Waals surface area contributed by atoms with E-state index in [9.17, 15) is 9.18 Å². The number of amides is 1. The highest BCUT2D eigenvalue weighted by Gasteiger charge is 2.11. The van der Waals surface area contributed by atoms with E-state index in [-0.39, 0.29) is 18.1 Å². The first-order chi connectivity index (χ1) is 12.6. The van der Waals surface area contributed by atoms with Crippen molar-refractivity contribution < 1.29 is 13.7 Å². The second-order valence-electron chi connectivity index (χ2n) is 6.07. The number of hydrogen-bond acceptors (Lipinski definition) is 4. The number of nitrogens with one attached hydrogen (secondary N) is 1. The Morgan fingerprint density at radius 1 is 1.15 bits per heavy atom. The Hall–Kier alpha value is -3.02. The van der Waals surface area contributed by atoms with Gasteiger partial charge in [0.2, 0.25) is 17.6 Å². The number of nitrogens with zero attached hydrogens (tertiary/aromatic N) is 2. The summed E-state index contributed by atoms with van der Waals surface area (Å²) in [4.78, 5) is 16.2. The van der Waals surface area contributed by atoms with Gasteiger partial charge in [0.15, 0.2) is 0 Å². The topological polar surface area (TPSA) is 68.0 Å². The Morgan fingerprint density at radius 3 is 2.81 bits per heavy atom. The number of benzene rings is 2. The molecule has 1 heterocycles. The third-order valence-corrected chi connectivity index (χ3v) is 3.98. The number of aryl methyl sites for hydroxylation is 2. The fourth-order valence-electron chi connectivity index (χ4n) is 2.60. The summed E-state index contributed by atoms with van der Waals surface area (Å²) in [6.45, 7) is 2.38. The Morgan fingerprint density at radius 2 is 2.00 bits per heavy atom. The SMILES string of the molecule is Cc1cccc(-c2noc(CCC(=O)NCCc3ccccc3F)n2)c1.